The summed E-state index contributed by atoms with van der Waals surface area (Å²) >= 11 is 0. The Morgan fingerprint density at radius 2 is 1.94 bits per heavy atom. The fraction of sp³-hybridized carbons (Fsp3) is 0.800. The molecule has 0 aliphatic rings. The smallest absolute Gasteiger partial charge is 0.308 e. The molecule has 0 amide bonds. The third-order valence-corrected chi connectivity index (χ3v) is 2.44. The van der Waals surface area contributed by atoms with E-state index in [2.05, 4.69) is 5.32 Å². The Balaban J connectivity index is 4.03. The minimum absolute atomic E-state index is 0.0350. The summed E-state index contributed by atoms with van der Waals surface area (Å²) in [6.45, 7) is 1.40. The molecule has 0 aliphatic carbocycles. The van der Waals surface area contributed by atoms with Crippen molar-refractivity contribution in [1.82, 2.24) is 5.32 Å². The van der Waals surface area contributed by atoms with Gasteiger partial charge in [0.05, 0.1) is 5.92 Å². The van der Waals surface area contributed by atoms with Crippen molar-refractivity contribution in [2.24, 2.45) is 17.4 Å². The second kappa shape index (κ2) is 8.91. The summed E-state index contributed by atoms with van der Waals surface area (Å²) in [7, 11) is 0. The highest BCUT2D eigenvalue weighted by Gasteiger charge is 2.24. The number of hydrogen-bond acceptors (Lipinski definition) is 5. The van der Waals surface area contributed by atoms with E-state index >= 15 is 0 Å². The van der Waals surface area contributed by atoms with E-state index in [1.807, 2.05) is 0 Å². The summed E-state index contributed by atoms with van der Waals surface area (Å²) in [4.78, 5) is 21.3. The Bertz CT molecular complexity index is 248. The van der Waals surface area contributed by atoms with E-state index in [1.54, 1.807) is 0 Å². The molecule has 2 atom stereocenters. The van der Waals surface area contributed by atoms with Crippen LogP contribution in [0.1, 0.15) is 19.3 Å². The molecule has 0 saturated carbocycles. The van der Waals surface area contributed by atoms with Crippen molar-refractivity contribution in [1.29, 1.82) is 0 Å². The fourth-order valence-corrected chi connectivity index (χ4v) is 1.51. The van der Waals surface area contributed by atoms with Gasteiger partial charge in [-0.1, -0.05) is 0 Å². The van der Waals surface area contributed by atoms with Crippen LogP contribution in [0.3, 0.4) is 0 Å². The largest absolute Gasteiger partial charge is 0.481 e. The van der Waals surface area contributed by atoms with Gasteiger partial charge < -0.3 is 27.0 Å². The van der Waals surface area contributed by atoms with Crippen LogP contribution in [0, 0.1) is 5.92 Å². The van der Waals surface area contributed by atoms with E-state index in [9.17, 15) is 9.59 Å². The first kappa shape index (κ1) is 15.8. The van der Waals surface area contributed by atoms with Gasteiger partial charge in [0, 0.05) is 32.1 Å². The summed E-state index contributed by atoms with van der Waals surface area (Å²) in [5, 5.41) is 20.4. The topological polar surface area (TPSA) is 139 Å². The average Bonchev–Trinajstić information content (AvgIpc) is 2.23. The first-order chi connectivity index (χ1) is 7.99. The van der Waals surface area contributed by atoms with Gasteiger partial charge in [-0.25, -0.2) is 0 Å². The summed E-state index contributed by atoms with van der Waals surface area (Å²) in [5.74, 6) is -2.64. The van der Waals surface area contributed by atoms with Gasteiger partial charge in [0.1, 0.15) is 0 Å². The molecule has 0 radical (unpaired) electrons. The molecule has 7 heteroatoms. The number of hydrogen-bond donors (Lipinski definition) is 5. The maximum atomic E-state index is 11.0. The molecule has 7 nitrogen and oxygen atoms in total. The monoisotopic (exact) mass is 247 g/mol. The third-order valence-electron chi connectivity index (χ3n) is 2.44. The molecular weight excluding hydrogens is 226 g/mol. The van der Waals surface area contributed by atoms with Crippen LogP contribution < -0.4 is 16.8 Å². The predicted octanol–water partition coefficient (Wildman–Crippen LogP) is -1.18. The molecule has 100 valence electrons. The van der Waals surface area contributed by atoms with E-state index in [-0.39, 0.29) is 12.8 Å². The predicted molar refractivity (Wildman–Crippen MR) is 62.5 cm³/mol. The molecule has 0 aliphatic heterocycles. The molecule has 0 heterocycles. The van der Waals surface area contributed by atoms with Gasteiger partial charge in [-0.05, 0) is 12.8 Å². The Kier molecular flexibility index (Phi) is 8.29. The molecule has 7 N–H and O–H groups in total. The normalized spacial score (nSPS) is 14.2. The lowest BCUT2D eigenvalue weighted by molar-refractivity contribution is -0.143. The van der Waals surface area contributed by atoms with Crippen molar-refractivity contribution in [2.45, 2.75) is 25.3 Å². The van der Waals surface area contributed by atoms with Crippen molar-refractivity contribution >= 4 is 11.9 Å². The van der Waals surface area contributed by atoms with E-state index < -0.39 is 23.9 Å². The summed E-state index contributed by atoms with van der Waals surface area (Å²) in [6, 6.07) is -0.534. The fourth-order valence-electron chi connectivity index (χ4n) is 1.51. The Hall–Kier alpha value is -1.18. The van der Waals surface area contributed by atoms with Crippen LogP contribution in [0.4, 0.5) is 0 Å². The lowest BCUT2D eigenvalue weighted by Gasteiger charge is -2.20. The molecule has 0 rings (SSSR count). The van der Waals surface area contributed by atoms with Crippen LogP contribution in [-0.2, 0) is 9.59 Å². The highest BCUT2D eigenvalue weighted by Crippen LogP contribution is 2.12. The standard InChI is InChI=1S/C10H21N3O4/c11-4-5-13-6-8(12)7(10(16)17)2-1-3-9(14)15/h7-8,13H,1-6,11-12H2,(H,14,15)(H,16,17). The van der Waals surface area contributed by atoms with Crippen LogP contribution >= 0.6 is 0 Å². The molecule has 0 aromatic heterocycles. The van der Waals surface area contributed by atoms with E-state index in [0.717, 1.165) is 0 Å². The first-order valence-corrected chi connectivity index (χ1v) is 5.60. The van der Waals surface area contributed by atoms with E-state index in [0.29, 0.717) is 26.1 Å². The zero-order valence-electron chi connectivity index (χ0n) is 9.76. The molecule has 0 fully saturated rings. The van der Waals surface area contributed by atoms with E-state index in [4.69, 9.17) is 21.7 Å². The van der Waals surface area contributed by atoms with Gasteiger partial charge in [0.15, 0.2) is 0 Å². The van der Waals surface area contributed by atoms with E-state index in [1.165, 1.54) is 0 Å². The number of rotatable bonds is 10. The first-order valence-electron chi connectivity index (χ1n) is 5.60. The van der Waals surface area contributed by atoms with Crippen LogP contribution in [0.15, 0.2) is 0 Å². The van der Waals surface area contributed by atoms with Gasteiger partial charge in [-0.15, -0.1) is 0 Å². The summed E-state index contributed by atoms with van der Waals surface area (Å²) in [6.07, 6.45) is 0.552. The van der Waals surface area contributed by atoms with Gasteiger partial charge in [0.2, 0.25) is 0 Å². The summed E-state index contributed by atoms with van der Waals surface area (Å²) in [5.41, 5.74) is 11.0. The van der Waals surface area contributed by atoms with Crippen molar-refractivity contribution in [3.63, 3.8) is 0 Å². The molecular formula is C10H21N3O4. The highest BCUT2D eigenvalue weighted by atomic mass is 16.4. The van der Waals surface area contributed by atoms with Crippen LogP contribution in [0.5, 0.6) is 0 Å². The number of carbonyl (C=O) groups is 2. The minimum atomic E-state index is -0.988. The number of nitrogens with one attached hydrogen (secondary N) is 1. The van der Waals surface area contributed by atoms with Gasteiger partial charge in [0.25, 0.3) is 0 Å². The SMILES string of the molecule is NCCNCC(N)C(CCCC(=O)O)C(=O)O. The van der Waals surface area contributed by atoms with Gasteiger partial charge in [-0.3, -0.25) is 9.59 Å². The third kappa shape index (κ3) is 7.67. The van der Waals surface area contributed by atoms with Gasteiger partial charge >= 0.3 is 11.9 Å². The lowest BCUT2D eigenvalue weighted by Crippen LogP contribution is -2.44. The molecule has 0 aromatic rings. The number of aliphatic carboxylic acids is 2. The molecule has 2 unspecified atom stereocenters. The average molecular weight is 247 g/mol. The molecule has 0 saturated heterocycles. The quantitative estimate of drug-likeness (QED) is 0.306. The number of nitrogens with two attached hydrogens (primary N) is 2. The zero-order valence-corrected chi connectivity index (χ0v) is 9.76. The molecule has 0 spiro atoms. The van der Waals surface area contributed by atoms with Gasteiger partial charge in [-0.2, -0.15) is 0 Å². The Morgan fingerprint density at radius 3 is 2.41 bits per heavy atom. The minimum Gasteiger partial charge on any atom is -0.481 e. The van der Waals surface area contributed by atoms with Crippen LogP contribution in [0.25, 0.3) is 0 Å². The number of carboxylic acid groups (broad SMARTS) is 2. The van der Waals surface area contributed by atoms with Crippen molar-refractivity contribution < 1.29 is 19.8 Å². The maximum Gasteiger partial charge on any atom is 0.308 e. The highest BCUT2D eigenvalue weighted by molar-refractivity contribution is 5.71. The molecule has 0 aromatic carbocycles. The number of carboxylic acids is 2. The summed E-state index contributed by atoms with van der Waals surface area (Å²) < 4.78 is 0. The van der Waals surface area contributed by atoms with Crippen molar-refractivity contribution in [3.8, 4) is 0 Å². The van der Waals surface area contributed by atoms with Crippen molar-refractivity contribution in [2.75, 3.05) is 19.6 Å². The zero-order chi connectivity index (χ0) is 13.3. The van der Waals surface area contributed by atoms with Crippen LogP contribution in [0.2, 0.25) is 0 Å². The lowest BCUT2D eigenvalue weighted by atomic mass is 9.94. The van der Waals surface area contributed by atoms with Crippen LogP contribution in [-0.4, -0.2) is 47.8 Å². The maximum absolute atomic E-state index is 11.0. The second-order valence-electron chi connectivity index (χ2n) is 3.89. The Labute approximate surface area is 100 Å². The molecule has 0 bridgehead atoms. The molecule has 17 heavy (non-hydrogen) atoms. The van der Waals surface area contributed by atoms with Crippen molar-refractivity contribution in [3.05, 3.63) is 0 Å². The Morgan fingerprint density at radius 1 is 1.29 bits per heavy atom. The second-order valence-corrected chi connectivity index (χ2v) is 3.89.